The van der Waals surface area contributed by atoms with E-state index in [4.69, 9.17) is 5.11 Å². The topological polar surface area (TPSA) is 83.5 Å². The summed E-state index contributed by atoms with van der Waals surface area (Å²) in [7, 11) is -1.76. The lowest BCUT2D eigenvalue weighted by molar-refractivity contribution is -0.121. The number of benzene rings is 1. The summed E-state index contributed by atoms with van der Waals surface area (Å²) in [5.41, 5.74) is -0.505. The van der Waals surface area contributed by atoms with E-state index in [1.807, 2.05) is 20.8 Å². The molecule has 0 aliphatic heterocycles. The number of hydrogen-bond acceptors (Lipinski definition) is 3. The number of carboxylic acid groups (broad SMARTS) is 1. The highest BCUT2D eigenvalue weighted by Gasteiger charge is 2.27. The Balaban J connectivity index is 3.11. The van der Waals surface area contributed by atoms with Crippen molar-refractivity contribution in [3.8, 4) is 0 Å². The summed E-state index contributed by atoms with van der Waals surface area (Å²) in [6.07, 6.45) is 0. The fourth-order valence-electron chi connectivity index (χ4n) is 1.60. The van der Waals surface area contributed by atoms with Gasteiger partial charge in [-0.1, -0.05) is 15.9 Å². The quantitative estimate of drug-likeness (QED) is 0.846. The Morgan fingerprint density at radius 2 is 1.90 bits per heavy atom. The first-order valence-corrected chi connectivity index (χ1v) is 8.29. The van der Waals surface area contributed by atoms with Gasteiger partial charge in [-0.25, -0.2) is 4.79 Å². The summed E-state index contributed by atoms with van der Waals surface area (Å²) >= 11 is 3.22. The zero-order chi connectivity index (χ0) is 16.4. The average Bonchev–Trinajstić information content (AvgIpc) is 2.34. The van der Waals surface area contributed by atoms with E-state index < -0.39 is 27.6 Å². The zero-order valence-electron chi connectivity index (χ0n) is 12.3. The smallest absolute Gasteiger partial charge is 0.336 e. The fourth-order valence-corrected chi connectivity index (χ4v) is 3.36. The maximum atomic E-state index is 12.5. The lowest BCUT2D eigenvalue weighted by atomic mass is 10.1. The van der Waals surface area contributed by atoms with Crippen LogP contribution < -0.4 is 5.32 Å². The number of aromatic carboxylic acids is 1. The highest BCUT2D eigenvalue weighted by atomic mass is 79.9. The zero-order valence-corrected chi connectivity index (χ0v) is 14.7. The first-order valence-electron chi connectivity index (χ1n) is 6.28. The van der Waals surface area contributed by atoms with Crippen molar-refractivity contribution in [2.75, 3.05) is 0 Å². The summed E-state index contributed by atoms with van der Waals surface area (Å²) in [4.78, 5) is 23.4. The van der Waals surface area contributed by atoms with E-state index in [0.29, 0.717) is 4.47 Å². The number of rotatable bonds is 4. The molecule has 116 valence electrons. The maximum Gasteiger partial charge on any atom is 0.336 e. The first kappa shape index (κ1) is 17.8. The molecule has 0 bridgehead atoms. The molecule has 2 unspecified atom stereocenters. The van der Waals surface area contributed by atoms with Crippen molar-refractivity contribution in [3.05, 3.63) is 28.2 Å². The summed E-state index contributed by atoms with van der Waals surface area (Å²) < 4.78 is 13.1. The van der Waals surface area contributed by atoms with E-state index in [2.05, 4.69) is 21.2 Å². The van der Waals surface area contributed by atoms with Gasteiger partial charge < -0.3 is 10.4 Å². The Hall–Kier alpha value is -1.21. The molecule has 0 aromatic heterocycles. The molecule has 0 radical (unpaired) electrons. The van der Waals surface area contributed by atoms with Gasteiger partial charge in [-0.15, -0.1) is 0 Å². The van der Waals surface area contributed by atoms with Gasteiger partial charge in [-0.2, -0.15) is 0 Å². The molecule has 0 spiro atoms. The molecule has 7 heteroatoms. The molecular weight excluding hydrogens is 358 g/mol. The van der Waals surface area contributed by atoms with E-state index in [9.17, 15) is 13.8 Å². The van der Waals surface area contributed by atoms with Crippen molar-refractivity contribution in [2.24, 2.45) is 0 Å². The van der Waals surface area contributed by atoms with E-state index in [1.54, 1.807) is 6.07 Å². The molecule has 1 rings (SSSR count). The molecule has 2 atom stereocenters. The number of carbonyl (C=O) groups is 2. The van der Waals surface area contributed by atoms with E-state index in [0.717, 1.165) is 0 Å². The van der Waals surface area contributed by atoms with E-state index in [1.165, 1.54) is 19.1 Å². The molecular formula is C14H18BrNO4S. The summed E-state index contributed by atoms with van der Waals surface area (Å²) in [5, 5.41) is 11.1. The van der Waals surface area contributed by atoms with Crippen LogP contribution in [0.4, 0.5) is 0 Å². The van der Waals surface area contributed by atoms with Gasteiger partial charge in [0.1, 0.15) is 5.25 Å². The average molecular weight is 376 g/mol. The molecule has 2 N–H and O–H groups in total. The number of amides is 1. The Kier molecular flexibility index (Phi) is 5.69. The SMILES string of the molecule is CC(C(=O)NC(C)(C)C)S(=O)c1cc(Br)ccc1C(=O)O. The molecule has 1 aromatic carbocycles. The third-order valence-electron chi connectivity index (χ3n) is 2.58. The second-order valence-electron chi connectivity index (χ2n) is 5.62. The van der Waals surface area contributed by atoms with Crippen molar-refractivity contribution >= 4 is 38.6 Å². The van der Waals surface area contributed by atoms with Crippen molar-refractivity contribution in [2.45, 2.75) is 43.4 Å². The normalized spacial score (nSPS) is 14.3. The van der Waals surface area contributed by atoms with E-state index in [-0.39, 0.29) is 16.4 Å². The molecule has 0 saturated heterocycles. The summed E-state index contributed by atoms with van der Waals surface area (Å²) in [5.74, 6) is -1.55. The lowest BCUT2D eigenvalue weighted by Crippen LogP contribution is -2.46. The number of carbonyl (C=O) groups excluding carboxylic acids is 1. The standard InChI is InChI=1S/C14H18BrNO4S/c1-8(12(17)16-14(2,3)4)21(20)11-7-9(15)5-6-10(11)13(18)19/h5-8H,1-4H3,(H,16,17)(H,18,19). The highest BCUT2D eigenvalue weighted by Crippen LogP contribution is 2.22. The second-order valence-corrected chi connectivity index (χ2v) is 8.28. The highest BCUT2D eigenvalue weighted by molar-refractivity contribution is 9.10. The molecule has 1 amide bonds. The van der Waals surface area contributed by atoms with Crippen molar-refractivity contribution < 1.29 is 18.9 Å². The Morgan fingerprint density at radius 1 is 1.33 bits per heavy atom. The number of hydrogen-bond donors (Lipinski definition) is 2. The lowest BCUT2D eigenvalue weighted by Gasteiger charge is -2.23. The third-order valence-corrected chi connectivity index (χ3v) is 4.70. The predicted molar refractivity (Wildman–Crippen MR) is 84.9 cm³/mol. The van der Waals surface area contributed by atoms with Gasteiger partial charge in [-0.3, -0.25) is 9.00 Å². The molecule has 0 fully saturated rings. The van der Waals surface area contributed by atoms with Crippen LogP contribution in [0.25, 0.3) is 0 Å². The van der Waals surface area contributed by atoms with Crippen molar-refractivity contribution in [1.82, 2.24) is 5.32 Å². The second kappa shape index (κ2) is 6.70. The van der Waals surface area contributed by atoms with Gasteiger partial charge in [0.05, 0.1) is 21.3 Å². The van der Waals surface area contributed by atoms with Gasteiger partial charge in [0.2, 0.25) is 5.91 Å². The Bertz CT molecular complexity index is 595. The molecule has 0 aliphatic carbocycles. The van der Waals surface area contributed by atoms with Gasteiger partial charge in [0.25, 0.3) is 0 Å². The first-order chi connectivity index (χ1) is 9.53. The van der Waals surface area contributed by atoms with E-state index >= 15 is 0 Å². The third kappa shape index (κ3) is 4.93. The van der Waals surface area contributed by atoms with Gasteiger partial charge in [-0.05, 0) is 45.9 Å². The Labute approximate surface area is 134 Å². The number of carboxylic acids is 1. The van der Waals surface area contributed by atoms with Crippen LogP contribution in [-0.2, 0) is 15.6 Å². The monoisotopic (exact) mass is 375 g/mol. The predicted octanol–water partition coefficient (Wildman–Crippen LogP) is 2.56. The van der Waals surface area contributed by atoms with Crippen LogP contribution in [0.1, 0.15) is 38.1 Å². The van der Waals surface area contributed by atoms with Crippen LogP contribution in [0.5, 0.6) is 0 Å². The molecule has 5 nitrogen and oxygen atoms in total. The molecule has 1 aromatic rings. The Morgan fingerprint density at radius 3 is 2.38 bits per heavy atom. The summed E-state index contributed by atoms with van der Waals surface area (Å²) in [6, 6.07) is 4.40. The van der Waals surface area contributed by atoms with Gasteiger partial charge in [0, 0.05) is 10.0 Å². The van der Waals surface area contributed by atoms with Crippen LogP contribution >= 0.6 is 15.9 Å². The molecule has 21 heavy (non-hydrogen) atoms. The fraction of sp³-hybridized carbons (Fsp3) is 0.429. The largest absolute Gasteiger partial charge is 0.478 e. The van der Waals surface area contributed by atoms with Gasteiger partial charge >= 0.3 is 5.97 Å². The minimum Gasteiger partial charge on any atom is -0.478 e. The number of halogens is 1. The number of nitrogens with one attached hydrogen (secondary N) is 1. The van der Waals surface area contributed by atoms with Crippen LogP contribution in [0, 0.1) is 0 Å². The summed E-state index contributed by atoms with van der Waals surface area (Å²) in [6.45, 7) is 6.98. The molecule has 0 heterocycles. The minimum atomic E-state index is -1.76. The minimum absolute atomic E-state index is 0.0630. The van der Waals surface area contributed by atoms with Crippen LogP contribution in [0.15, 0.2) is 27.6 Å². The van der Waals surface area contributed by atoms with Crippen LogP contribution in [-0.4, -0.2) is 32.0 Å². The maximum absolute atomic E-state index is 12.5. The molecule has 0 aliphatic rings. The molecule has 0 saturated carbocycles. The van der Waals surface area contributed by atoms with Crippen molar-refractivity contribution in [3.63, 3.8) is 0 Å². The van der Waals surface area contributed by atoms with Crippen LogP contribution in [0.2, 0.25) is 0 Å². The van der Waals surface area contributed by atoms with Crippen LogP contribution in [0.3, 0.4) is 0 Å². The van der Waals surface area contributed by atoms with Crippen molar-refractivity contribution in [1.29, 1.82) is 0 Å². The van der Waals surface area contributed by atoms with Gasteiger partial charge in [0.15, 0.2) is 0 Å².